The number of hydrogen-bond acceptors (Lipinski definition) is 8. The number of anilines is 2. The number of nitrogen functional groups attached to an aromatic ring is 1. The largest absolute Gasteiger partial charge is 0.573 e. The van der Waals surface area contributed by atoms with Crippen molar-refractivity contribution in [2.45, 2.75) is 65.1 Å². The van der Waals surface area contributed by atoms with Crippen LogP contribution in [0.2, 0.25) is 0 Å². The number of halogens is 4. The van der Waals surface area contributed by atoms with Gasteiger partial charge in [0.25, 0.3) is 5.91 Å². The first-order valence-electron chi connectivity index (χ1n) is 12.9. The first kappa shape index (κ1) is 29.1. The highest BCUT2D eigenvalue weighted by Gasteiger charge is 2.35. The maximum Gasteiger partial charge on any atom is 0.573 e. The Morgan fingerprint density at radius 3 is 2.65 bits per heavy atom. The number of rotatable bonds is 8. The van der Waals surface area contributed by atoms with E-state index in [1.54, 1.807) is 6.92 Å². The fourth-order valence-corrected chi connectivity index (χ4v) is 4.77. The molecule has 1 aliphatic rings. The van der Waals surface area contributed by atoms with Crippen LogP contribution in [0.25, 0.3) is 22.0 Å². The fraction of sp³-hybridized carbons (Fsp3) is 0.444. The Balaban J connectivity index is 1.96. The van der Waals surface area contributed by atoms with Crippen molar-refractivity contribution >= 4 is 28.2 Å². The Morgan fingerprint density at radius 1 is 1.27 bits per heavy atom. The van der Waals surface area contributed by atoms with Crippen molar-refractivity contribution in [3.8, 4) is 22.9 Å². The molecule has 0 fully saturated rings. The van der Waals surface area contributed by atoms with Gasteiger partial charge in [-0.25, -0.2) is 14.4 Å². The number of ether oxygens (including phenoxy) is 2. The van der Waals surface area contributed by atoms with Crippen LogP contribution in [0.1, 0.15) is 49.7 Å². The van der Waals surface area contributed by atoms with Crippen molar-refractivity contribution in [3.05, 3.63) is 35.3 Å². The molecule has 216 valence electrons. The smallest absolute Gasteiger partial charge is 0.472 e. The first-order chi connectivity index (χ1) is 18.8. The molecular weight excluding hydrogens is 532 g/mol. The number of nitrogens with two attached hydrogens (primary N) is 1. The van der Waals surface area contributed by atoms with Crippen molar-refractivity contribution in [1.29, 1.82) is 0 Å². The van der Waals surface area contributed by atoms with Crippen LogP contribution >= 0.6 is 0 Å². The van der Waals surface area contributed by atoms with Gasteiger partial charge in [0.15, 0.2) is 5.82 Å². The molecule has 0 saturated carbocycles. The highest BCUT2D eigenvalue weighted by molar-refractivity contribution is 6.06. The van der Waals surface area contributed by atoms with E-state index >= 15 is 4.39 Å². The summed E-state index contributed by atoms with van der Waals surface area (Å²) in [5.74, 6) is -2.11. The average Bonchev–Trinajstić information content (AvgIpc) is 3.01. The third-order valence-electron chi connectivity index (χ3n) is 6.82. The highest BCUT2D eigenvalue weighted by atomic mass is 19.4. The van der Waals surface area contributed by atoms with Crippen LogP contribution < -0.4 is 31.2 Å². The van der Waals surface area contributed by atoms with E-state index in [-0.39, 0.29) is 57.1 Å². The summed E-state index contributed by atoms with van der Waals surface area (Å²) in [7, 11) is 1.42. The summed E-state index contributed by atoms with van der Waals surface area (Å²) in [6.07, 6.45) is -3.63. The molecule has 0 bridgehead atoms. The van der Waals surface area contributed by atoms with Crippen LogP contribution in [0.5, 0.6) is 11.6 Å². The Bertz CT molecular complexity index is 1430. The summed E-state index contributed by atoms with van der Waals surface area (Å²) in [5.41, 5.74) is 5.23. The number of alkyl halides is 3. The number of aryl methyl sites for hydroxylation is 1. The molecule has 3 aromatic rings. The number of benzene rings is 1. The molecule has 0 radical (unpaired) electrons. The predicted molar refractivity (Wildman–Crippen MR) is 144 cm³/mol. The lowest BCUT2D eigenvalue weighted by Crippen LogP contribution is -2.45. The molecule has 3 unspecified atom stereocenters. The maximum atomic E-state index is 16.4. The van der Waals surface area contributed by atoms with Crippen molar-refractivity contribution < 1.29 is 31.8 Å². The van der Waals surface area contributed by atoms with E-state index in [2.05, 4.69) is 44.5 Å². The zero-order valence-corrected chi connectivity index (χ0v) is 22.8. The molecule has 3 heterocycles. The van der Waals surface area contributed by atoms with E-state index in [1.807, 2.05) is 0 Å². The molecule has 2 aromatic heterocycles. The van der Waals surface area contributed by atoms with Gasteiger partial charge in [-0.3, -0.25) is 4.79 Å². The summed E-state index contributed by atoms with van der Waals surface area (Å²) < 4.78 is 66.4. The molecule has 4 rings (SSSR count). The van der Waals surface area contributed by atoms with Gasteiger partial charge in [0.05, 0.1) is 11.4 Å². The van der Waals surface area contributed by atoms with E-state index in [0.29, 0.717) is 6.54 Å². The van der Waals surface area contributed by atoms with E-state index < -0.39 is 35.6 Å². The third kappa shape index (κ3) is 5.83. The van der Waals surface area contributed by atoms with Crippen molar-refractivity contribution in [2.24, 2.45) is 0 Å². The molecule has 0 spiro atoms. The third-order valence-corrected chi connectivity index (χ3v) is 6.82. The lowest BCUT2D eigenvalue weighted by atomic mass is 10.0. The number of hydrogen-bond donors (Lipinski definition) is 4. The van der Waals surface area contributed by atoms with Gasteiger partial charge < -0.3 is 31.2 Å². The Hall–Kier alpha value is -3.87. The summed E-state index contributed by atoms with van der Waals surface area (Å²) in [6.45, 7) is 7.89. The average molecular weight is 565 g/mol. The van der Waals surface area contributed by atoms with Gasteiger partial charge >= 0.3 is 6.36 Å². The molecule has 5 N–H and O–H groups in total. The fourth-order valence-electron chi connectivity index (χ4n) is 4.77. The number of amides is 1. The number of carbonyl (C=O) groups is 1. The Labute approximate surface area is 228 Å². The van der Waals surface area contributed by atoms with Crippen LogP contribution in [0, 0.1) is 12.7 Å². The molecule has 1 amide bonds. The summed E-state index contributed by atoms with van der Waals surface area (Å²) in [4.78, 5) is 21.6. The number of aromatic nitrogens is 2. The Morgan fingerprint density at radius 2 is 2.00 bits per heavy atom. The van der Waals surface area contributed by atoms with E-state index in [1.165, 1.54) is 20.0 Å². The molecule has 3 atom stereocenters. The highest BCUT2D eigenvalue weighted by Crippen LogP contribution is 2.44. The molecular formula is C27H32F4N6O3. The lowest BCUT2D eigenvalue weighted by Gasteiger charge is -2.25. The maximum absolute atomic E-state index is 16.4. The minimum atomic E-state index is -5.05. The number of nitrogens with one attached hydrogen (secondary N) is 3. The van der Waals surface area contributed by atoms with Gasteiger partial charge in [0, 0.05) is 36.3 Å². The number of carbonyl (C=O) groups excluding carboxylic acids is 1. The molecule has 40 heavy (non-hydrogen) atoms. The summed E-state index contributed by atoms with van der Waals surface area (Å²) in [5, 5.41) is 9.30. The second-order valence-corrected chi connectivity index (χ2v) is 9.82. The Kier molecular flexibility index (Phi) is 8.24. The molecule has 9 nitrogen and oxygen atoms in total. The molecule has 1 aliphatic heterocycles. The van der Waals surface area contributed by atoms with E-state index in [9.17, 15) is 18.0 Å². The standard InChI is InChI=1S/C27H32F4N6O3/c1-6-7-12(2)34-11-17-14(4)39-26-20-19(13(3)22(25(38)33-5)36-24(20)35-17)21(28)23(37-26)16-10-15(32)8-9-18(16)40-27(29,30)31/h8-10,12,14,17,34H,6-7,11,32H2,1-5H3,(H,33,38)(H,35,36). The van der Waals surface area contributed by atoms with Crippen molar-refractivity contribution in [1.82, 2.24) is 20.6 Å². The first-order valence-corrected chi connectivity index (χ1v) is 12.9. The van der Waals surface area contributed by atoms with Gasteiger partial charge in [-0.05, 0) is 51.0 Å². The zero-order valence-electron chi connectivity index (χ0n) is 22.8. The quantitative estimate of drug-likeness (QED) is 0.225. The van der Waals surface area contributed by atoms with Gasteiger partial charge in [0.1, 0.15) is 29.1 Å². The van der Waals surface area contributed by atoms with Crippen LogP contribution in [0.3, 0.4) is 0 Å². The minimum absolute atomic E-state index is 0.0510. The SMILES string of the molecule is CCCC(C)NCC1Nc2nc(C(=O)NC)c(C)c3c(F)c(-c4cc(N)ccc4OC(F)(F)F)nc(c23)OC1C. The van der Waals surface area contributed by atoms with Crippen LogP contribution in [-0.2, 0) is 0 Å². The van der Waals surface area contributed by atoms with Gasteiger partial charge in [-0.15, -0.1) is 13.2 Å². The van der Waals surface area contributed by atoms with E-state index in [0.717, 1.165) is 25.0 Å². The summed E-state index contributed by atoms with van der Waals surface area (Å²) in [6, 6.07) is 3.19. The second-order valence-electron chi connectivity index (χ2n) is 9.82. The second kappa shape index (κ2) is 11.3. The lowest BCUT2D eigenvalue weighted by molar-refractivity contribution is -0.274. The predicted octanol–water partition coefficient (Wildman–Crippen LogP) is 4.92. The normalized spacial score (nSPS) is 17.5. The van der Waals surface area contributed by atoms with Crippen molar-refractivity contribution in [2.75, 3.05) is 24.6 Å². The monoisotopic (exact) mass is 564 g/mol. The van der Waals surface area contributed by atoms with E-state index in [4.69, 9.17) is 10.5 Å². The molecule has 1 aromatic carbocycles. The van der Waals surface area contributed by atoms with Crippen LogP contribution in [-0.4, -0.2) is 54.0 Å². The number of pyridine rings is 2. The van der Waals surface area contributed by atoms with Crippen molar-refractivity contribution in [3.63, 3.8) is 0 Å². The number of nitrogens with zero attached hydrogens (tertiary/aromatic N) is 2. The topological polar surface area (TPSA) is 123 Å². The zero-order chi connectivity index (χ0) is 29.4. The van der Waals surface area contributed by atoms with Gasteiger partial charge in [-0.2, -0.15) is 0 Å². The summed E-state index contributed by atoms with van der Waals surface area (Å²) >= 11 is 0. The van der Waals surface area contributed by atoms with Gasteiger partial charge in [-0.1, -0.05) is 13.3 Å². The van der Waals surface area contributed by atoms with Crippen LogP contribution in [0.15, 0.2) is 18.2 Å². The van der Waals surface area contributed by atoms with Crippen LogP contribution in [0.4, 0.5) is 29.1 Å². The van der Waals surface area contributed by atoms with Gasteiger partial charge in [0.2, 0.25) is 5.88 Å². The molecule has 13 heteroatoms. The minimum Gasteiger partial charge on any atom is -0.472 e. The molecule has 0 aliphatic carbocycles. The molecule has 0 saturated heterocycles.